The summed E-state index contributed by atoms with van der Waals surface area (Å²) >= 11 is 1.85. The maximum atomic E-state index is 12.4. The number of carbonyl (C=O) groups is 1. The van der Waals surface area contributed by atoms with Gasteiger partial charge in [0, 0.05) is 23.6 Å². The van der Waals surface area contributed by atoms with Gasteiger partial charge in [0.05, 0.1) is 0 Å². The molecule has 1 aromatic carbocycles. The van der Waals surface area contributed by atoms with Gasteiger partial charge in [0.25, 0.3) is 5.91 Å². The molecule has 2 rings (SSSR count). The second kappa shape index (κ2) is 5.33. The van der Waals surface area contributed by atoms with Crippen molar-refractivity contribution in [1.29, 1.82) is 0 Å². The number of nitrogens with zero attached hydrogens (tertiary/aromatic N) is 1. The van der Waals surface area contributed by atoms with Gasteiger partial charge in [-0.3, -0.25) is 4.79 Å². The quantitative estimate of drug-likeness (QED) is 0.830. The van der Waals surface area contributed by atoms with E-state index in [1.807, 2.05) is 11.8 Å². The third-order valence-corrected chi connectivity index (χ3v) is 4.73. The van der Waals surface area contributed by atoms with Crippen LogP contribution in [0, 0.1) is 0 Å². The number of amides is 1. The molecule has 0 aliphatic carbocycles. The summed E-state index contributed by atoms with van der Waals surface area (Å²) in [7, 11) is 0. The second-order valence-electron chi connectivity index (χ2n) is 5.32. The van der Waals surface area contributed by atoms with Crippen molar-refractivity contribution in [3.05, 3.63) is 23.8 Å². The van der Waals surface area contributed by atoms with Gasteiger partial charge < -0.3 is 15.1 Å². The molecule has 0 saturated carbocycles. The Kier molecular flexibility index (Phi) is 3.94. The number of rotatable bonds is 1. The number of phenolic OH excluding ortho intramolecular Hbond substituents is 2. The minimum absolute atomic E-state index is 0.00667. The topological polar surface area (TPSA) is 60.8 Å². The van der Waals surface area contributed by atoms with E-state index < -0.39 is 0 Å². The van der Waals surface area contributed by atoms with Gasteiger partial charge >= 0.3 is 0 Å². The Labute approximate surface area is 117 Å². The fourth-order valence-corrected chi connectivity index (χ4v) is 3.23. The SMILES string of the molecule is CC1(C)CCN(C(=O)c2c(O)cccc2O)CCS1. The van der Waals surface area contributed by atoms with Gasteiger partial charge in [-0.2, -0.15) is 11.8 Å². The lowest BCUT2D eigenvalue weighted by atomic mass is 10.1. The zero-order valence-corrected chi connectivity index (χ0v) is 12.0. The van der Waals surface area contributed by atoms with E-state index in [9.17, 15) is 15.0 Å². The lowest BCUT2D eigenvalue weighted by Gasteiger charge is -2.23. The predicted octanol–water partition coefficient (Wildman–Crippen LogP) is 2.46. The van der Waals surface area contributed by atoms with Crippen molar-refractivity contribution < 1.29 is 15.0 Å². The summed E-state index contributed by atoms with van der Waals surface area (Å²) in [4.78, 5) is 14.1. The van der Waals surface area contributed by atoms with Crippen LogP contribution in [-0.4, -0.2) is 44.6 Å². The third-order valence-electron chi connectivity index (χ3n) is 3.36. The van der Waals surface area contributed by atoms with Gasteiger partial charge in [0.2, 0.25) is 0 Å². The molecule has 0 atom stereocenters. The molecule has 0 unspecified atom stereocenters. The predicted molar refractivity (Wildman–Crippen MR) is 76.8 cm³/mol. The maximum Gasteiger partial charge on any atom is 0.261 e. The van der Waals surface area contributed by atoms with Crippen LogP contribution in [0.4, 0.5) is 0 Å². The van der Waals surface area contributed by atoms with E-state index in [4.69, 9.17) is 0 Å². The Balaban J connectivity index is 2.20. The summed E-state index contributed by atoms with van der Waals surface area (Å²) in [6.45, 7) is 5.62. The Morgan fingerprint density at radius 3 is 2.53 bits per heavy atom. The van der Waals surface area contributed by atoms with Crippen molar-refractivity contribution in [2.75, 3.05) is 18.8 Å². The first-order valence-electron chi connectivity index (χ1n) is 6.35. The molecule has 1 aliphatic rings. The summed E-state index contributed by atoms with van der Waals surface area (Å²) in [5, 5.41) is 19.5. The van der Waals surface area contributed by atoms with E-state index in [-0.39, 0.29) is 27.7 Å². The first-order chi connectivity index (χ1) is 8.91. The summed E-state index contributed by atoms with van der Waals surface area (Å²) < 4.78 is 0.163. The van der Waals surface area contributed by atoms with Gasteiger partial charge in [0.15, 0.2) is 0 Å². The van der Waals surface area contributed by atoms with Crippen molar-refractivity contribution in [2.24, 2.45) is 0 Å². The van der Waals surface area contributed by atoms with Gasteiger partial charge in [-0.25, -0.2) is 0 Å². The highest BCUT2D eigenvalue weighted by Gasteiger charge is 2.28. The number of phenols is 2. The molecule has 1 saturated heterocycles. The Morgan fingerprint density at radius 1 is 1.26 bits per heavy atom. The molecule has 1 aromatic rings. The highest BCUT2D eigenvalue weighted by atomic mass is 32.2. The fourth-order valence-electron chi connectivity index (χ4n) is 2.13. The minimum atomic E-state index is -0.297. The van der Waals surface area contributed by atoms with E-state index >= 15 is 0 Å². The minimum Gasteiger partial charge on any atom is -0.507 e. The molecule has 1 amide bonds. The van der Waals surface area contributed by atoms with Gasteiger partial charge in [0.1, 0.15) is 17.1 Å². The molecule has 1 fully saturated rings. The lowest BCUT2D eigenvalue weighted by molar-refractivity contribution is 0.0758. The van der Waals surface area contributed by atoms with Crippen molar-refractivity contribution in [2.45, 2.75) is 25.0 Å². The monoisotopic (exact) mass is 281 g/mol. The molecule has 104 valence electrons. The molecule has 1 heterocycles. The Hall–Kier alpha value is -1.36. The summed E-state index contributed by atoms with van der Waals surface area (Å²) in [6.07, 6.45) is 0.901. The Bertz CT molecular complexity index is 467. The molecule has 0 radical (unpaired) electrons. The average Bonchev–Trinajstić information content (AvgIpc) is 2.50. The zero-order chi connectivity index (χ0) is 14.0. The number of hydrogen-bond donors (Lipinski definition) is 2. The normalized spacial score (nSPS) is 18.9. The molecule has 0 bridgehead atoms. The van der Waals surface area contributed by atoms with E-state index in [1.165, 1.54) is 18.2 Å². The van der Waals surface area contributed by atoms with Gasteiger partial charge in [-0.15, -0.1) is 0 Å². The van der Waals surface area contributed by atoms with Crippen LogP contribution < -0.4 is 0 Å². The smallest absolute Gasteiger partial charge is 0.261 e. The number of benzene rings is 1. The average molecular weight is 281 g/mol. The van der Waals surface area contributed by atoms with Crippen LogP contribution in [0.1, 0.15) is 30.6 Å². The third kappa shape index (κ3) is 3.15. The Morgan fingerprint density at radius 2 is 1.89 bits per heavy atom. The van der Waals surface area contributed by atoms with Crippen molar-refractivity contribution in [3.8, 4) is 11.5 Å². The van der Waals surface area contributed by atoms with Gasteiger partial charge in [-0.05, 0) is 18.6 Å². The largest absolute Gasteiger partial charge is 0.507 e. The lowest BCUT2D eigenvalue weighted by Crippen LogP contribution is -2.33. The first kappa shape index (κ1) is 14.1. The molecular formula is C14H19NO3S. The van der Waals surface area contributed by atoms with Crippen LogP contribution in [0.15, 0.2) is 18.2 Å². The first-order valence-corrected chi connectivity index (χ1v) is 7.33. The summed E-state index contributed by atoms with van der Waals surface area (Å²) in [5.74, 6) is 0.240. The molecule has 0 spiro atoms. The van der Waals surface area contributed by atoms with E-state index in [0.29, 0.717) is 13.1 Å². The highest BCUT2D eigenvalue weighted by molar-refractivity contribution is 8.00. The number of aromatic hydroxyl groups is 2. The molecule has 4 nitrogen and oxygen atoms in total. The van der Waals surface area contributed by atoms with Crippen molar-refractivity contribution >= 4 is 17.7 Å². The van der Waals surface area contributed by atoms with Crippen LogP contribution in [0.5, 0.6) is 11.5 Å². The van der Waals surface area contributed by atoms with Crippen LogP contribution >= 0.6 is 11.8 Å². The number of carbonyl (C=O) groups excluding carboxylic acids is 1. The highest BCUT2D eigenvalue weighted by Crippen LogP contribution is 2.33. The van der Waals surface area contributed by atoms with Crippen molar-refractivity contribution in [3.63, 3.8) is 0 Å². The number of thioether (sulfide) groups is 1. The zero-order valence-electron chi connectivity index (χ0n) is 11.2. The fraction of sp³-hybridized carbons (Fsp3) is 0.500. The van der Waals surface area contributed by atoms with Crippen LogP contribution in [0.2, 0.25) is 0 Å². The van der Waals surface area contributed by atoms with Crippen LogP contribution in [0.3, 0.4) is 0 Å². The van der Waals surface area contributed by atoms with Crippen LogP contribution in [-0.2, 0) is 0 Å². The van der Waals surface area contributed by atoms with Crippen LogP contribution in [0.25, 0.3) is 0 Å². The van der Waals surface area contributed by atoms with Gasteiger partial charge in [-0.1, -0.05) is 19.9 Å². The van der Waals surface area contributed by atoms with E-state index in [2.05, 4.69) is 13.8 Å². The maximum absolute atomic E-state index is 12.4. The second-order valence-corrected chi connectivity index (χ2v) is 7.12. The standard InChI is InChI=1S/C14H19NO3S/c1-14(2)6-7-15(8-9-19-14)13(18)12-10(16)4-3-5-11(12)17/h3-5,16-17H,6-9H2,1-2H3. The van der Waals surface area contributed by atoms with E-state index in [1.54, 1.807) is 4.90 Å². The van der Waals surface area contributed by atoms with Crippen molar-refractivity contribution in [1.82, 2.24) is 4.90 Å². The molecule has 5 heteroatoms. The molecule has 0 aromatic heterocycles. The summed E-state index contributed by atoms with van der Waals surface area (Å²) in [5.41, 5.74) is 0.00667. The number of hydrogen-bond acceptors (Lipinski definition) is 4. The van der Waals surface area contributed by atoms with E-state index in [0.717, 1.165) is 12.2 Å². The molecule has 1 aliphatic heterocycles. The summed E-state index contributed by atoms with van der Waals surface area (Å²) in [6, 6.07) is 4.36. The molecule has 19 heavy (non-hydrogen) atoms. The molecular weight excluding hydrogens is 262 g/mol. The molecule has 2 N–H and O–H groups in total.